The van der Waals surface area contributed by atoms with Crippen molar-refractivity contribution < 1.29 is 4.79 Å². The van der Waals surface area contributed by atoms with Crippen LogP contribution in [0.4, 0.5) is 0 Å². The minimum Gasteiger partial charge on any atom is -0.325 e. The van der Waals surface area contributed by atoms with Crippen molar-refractivity contribution in [3.63, 3.8) is 0 Å². The van der Waals surface area contributed by atoms with E-state index < -0.39 is 0 Å². The van der Waals surface area contributed by atoms with Gasteiger partial charge in [0.05, 0.1) is 6.04 Å². The maximum absolute atomic E-state index is 13.3. The number of amides is 1. The van der Waals surface area contributed by atoms with Gasteiger partial charge in [0, 0.05) is 32.6 Å². The largest absolute Gasteiger partial charge is 0.325 e. The van der Waals surface area contributed by atoms with Gasteiger partial charge in [0.1, 0.15) is 10.7 Å². The van der Waals surface area contributed by atoms with Crippen molar-refractivity contribution in [1.82, 2.24) is 9.88 Å². The normalized spacial score (nSPS) is 16.6. The van der Waals surface area contributed by atoms with Crippen LogP contribution in [0.2, 0.25) is 0 Å². The van der Waals surface area contributed by atoms with Gasteiger partial charge in [-0.15, -0.1) is 34.0 Å². The molecule has 1 unspecified atom stereocenters. The molecule has 7 heteroatoms. The topological polar surface area (TPSA) is 33.2 Å². The lowest BCUT2D eigenvalue weighted by Crippen LogP contribution is -2.39. The Morgan fingerprint density at radius 1 is 1.08 bits per heavy atom. The Labute approximate surface area is 167 Å². The van der Waals surface area contributed by atoms with E-state index in [-0.39, 0.29) is 11.9 Å². The molecule has 0 saturated carbocycles. The third-order valence-electron chi connectivity index (χ3n) is 4.53. The fraction of sp³-hybridized carbons (Fsp3) is 0.158. The molecule has 1 amide bonds. The number of hydrogen-bond donors (Lipinski definition) is 0. The maximum Gasteiger partial charge on any atom is 0.274 e. The molecule has 0 aliphatic carbocycles. The summed E-state index contributed by atoms with van der Waals surface area (Å²) in [5.74, 6) is 0.0259. The van der Waals surface area contributed by atoms with Crippen molar-refractivity contribution in [1.29, 1.82) is 0 Å². The summed E-state index contributed by atoms with van der Waals surface area (Å²) in [4.78, 5) is 22.5. The monoisotopic (exact) mass is 414 g/mol. The quantitative estimate of drug-likeness (QED) is 0.425. The Balaban J connectivity index is 1.51. The van der Waals surface area contributed by atoms with Crippen LogP contribution >= 0.6 is 45.3 Å². The molecule has 0 spiro atoms. The number of carbonyl (C=O) groups excluding carboxylic acids is 1. The molecule has 5 rings (SSSR count). The standard InChI is InChI=1S/C19H14N2OS4/c22-19(14-11-26-18(20-14)12-4-8-23-10-12)21-6-3-15-13(5-9-25-15)17(21)16-2-1-7-24-16/h1-2,4-5,7-11,17H,3,6H2. The molecule has 0 N–H and O–H groups in total. The molecule has 4 aromatic rings. The van der Waals surface area contributed by atoms with Gasteiger partial charge in [-0.25, -0.2) is 4.98 Å². The zero-order chi connectivity index (χ0) is 17.5. The summed E-state index contributed by atoms with van der Waals surface area (Å²) in [5, 5.41) is 11.1. The fourth-order valence-electron chi connectivity index (χ4n) is 3.33. The zero-order valence-electron chi connectivity index (χ0n) is 13.6. The summed E-state index contributed by atoms with van der Waals surface area (Å²) in [6, 6.07) is 8.40. The molecule has 5 heterocycles. The van der Waals surface area contributed by atoms with E-state index in [9.17, 15) is 4.79 Å². The Kier molecular flexibility index (Phi) is 4.24. The first-order chi connectivity index (χ1) is 12.8. The number of carbonyl (C=O) groups is 1. The van der Waals surface area contributed by atoms with Gasteiger partial charge in [0.15, 0.2) is 0 Å². The Hall–Kier alpha value is -1.80. The molecule has 3 nitrogen and oxygen atoms in total. The van der Waals surface area contributed by atoms with Gasteiger partial charge >= 0.3 is 0 Å². The van der Waals surface area contributed by atoms with Gasteiger partial charge in [-0.2, -0.15) is 11.3 Å². The minimum atomic E-state index is 0.00352. The highest BCUT2D eigenvalue weighted by Gasteiger charge is 2.34. The maximum atomic E-state index is 13.3. The molecule has 0 bridgehead atoms. The van der Waals surface area contributed by atoms with Gasteiger partial charge in [0.25, 0.3) is 5.91 Å². The van der Waals surface area contributed by atoms with Crippen molar-refractivity contribution in [3.05, 3.63) is 72.2 Å². The first-order valence-corrected chi connectivity index (χ1v) is 11.8. The SMILES string of the molecule is O=C(c1csc(-c2ccsc2)n1)N1CCc2sccc2C1c1cccs1. The van der Waals surface area contributed by atoms with Gasteiger partial charge in [-0.1, -0.05) is 6.07 Å². The number of thiazole rings is 1. The lowest BCUT2D eigenvalue weighted by Gasteiger charge is -2.35. The lowest BCUT2D eigenvalue weighted by molar-refractivity contribution is 0.0693. The number of nitrogens with zero attached hydrogens (tertiary/aromatic N) is 2. The third kappa shape index (κ3) is 2.75. The van der Waals surface area contributed by atoms with E-state index in [2.05, 4.69) is 39.3 Å². The van der Waals surface area contributed by atoms with Crippen LogP contribution in [0.5, 0.6) is 0 Å². The summed E-state index contributed by atoms with van der Waals surface area (Å²) >= 11 is 6.69. The van der Waals surface area contributed by atoms with Gasteiger partial charge < -0.3 is 4.90 Å². The molecule has 1 aliphatic heterocycles. The van der Waals surface area contributed by atoms with Crippen molar-refractivity contribution in [2.24, 2.45) is 0 Å². The number of aromatic nitrogens is 1. The van der Waals surface area contributed by atoms with E-state index in [1.54, 1.807) is 34.0 Å². The number of hydrogen-bond acceptors (Lipinski definition) is 6. The Bertz CT molecular complexity index is 1030. The zero-order valence-corrected chi connectivity index (χ0v) is 16.9. The summed E-state index contributed by atoms with van der Waals surface area (Å²) in [5.41, 5.74) is 2.91. The highest BCUT2D eigenvalue weighted by Crippen LogP contribution is 2.40. The van der Waals surface area contributed by atoms with E-state index in [0.717, 1.165) is 23.5 Å². The summed E-state index contributed by atoms with van der Waals surface area (Å²) in [6.07, 6.45) is 0.919. The van der Waals surface area contributed by atoms with E-state index in [1.165, 1.54) is 26.7 Å². The smallest absolute Gasteiger partial charge is 0.274 e. The average Bonchev–Trinajstić information content (AvgIpc) is 3.47. The second-order valence-corrected chi connectivity index (χ2v) is 9.63. The van der Waals surface area contributed by atoms with Gasteiger partial charge in [-0.3, -0.25) is 4.79 Å². The summed E-state index contributed by atoms with van der Waals surface area (Å²) in [6.45, 7) is 0.736. The lowest BCUT2D eigenvalue weighted by atomic mass is 9.98. The molecule has 1 aliphatic rings. The fourth-order valence-corrected chi connectivity index (χ4v) is 6.59. The van der Waals surface area contributed by atoms with Crippen molar-refractivity contribution in [3.8, 4) is 10.6 Å². The van der Waals surface area contributed by atoms with E-state index >= 15 is 0 Å². The predicted molar refractivity (Wildman–Crippen MR) is 111 cm³/mol. The van der Waals surface area contributed by atoms with Crippen LogP contribution in [0.25, 0.3) is 10.6 Å². The number of thiophene rings is 3. The molecule has 26 heavy (non-hydrogen) atoms. The molecule has 0 saturated heterocycles. The van der Waals surface area contributed by atoms with Crippen LogP contribution in [0.1, 0.15) is 31.8 Å². The van der Waals surface area contributed by atoms with Crippen LogP contribution in [0.15, 0.2) is 51.2 Å². The second-order valence-electron chi connectivity index (χ2n) is 6.02. The number of fused-ring (bicyclic) bond motifs is 1. The highest BCUT2D eigenvalue weighted by molar-refractivity contribution is 7.14. The average molecular weight is 415 g/mol. The summed E-state index contributed by atoms with van der Waals surface area (Å²) < 4.78 is 0. The minimum absolute atomic E-state index is 0.00352. The molecular weight excluding hydrogens is 400 g/mol. The molecule has 130 valence electrons. The first-order valence-electron chi connectivity index (χ1n) is 8.20. The van der Waals surface area contributed by atoms with Crippen LogP contribution in [-0.4, -0.2) is 22.3 Å². The Morgan fingerprint density at radius 2 is 2.04 bits per heavy atom. The van der Waals surface area contributed by atoms with Crippen LogP contribution in [-0.2, 0) is 6.42 Å². The highest BCUT2D eigenvalue weighted by atomic mass is 32.1. The number of rotatable bonds is 3. The second kappa shape index (κ2) is 6.74. The van der Waals surface area contributed by atoms with Gasteiger partial charge in [0.2, 0.25) is 0 Å². The van der Waals surface area contributed by atoms with Gasteiger partial charge in [-0.05, 0) is 46.3 Å². The molecule has 0 fully saturated rings. The van der Waals surface area contributed by atoms with Crippen LogP contribution < -0.4 is 0 Å². The van der Waals surface area contributed by atoms with E-state index in [4.69, 9.17) is 0 Å². The van der Waals surface area contributed by atoms with Crippen molar-refractivity contribution in [2.45, 2.75) is 12.5 Å². The van der Waals surface area contributed by atoms with E-state index in [1.807, 2.05) is 21.7 Å². The van der Waals surface area contributed by atoms with Crippen LogP contribution in [0, 0.1) is 0 Å². The predicted octanol–water partition coefficient (Wildman–Crippen LogP) is 5.78. The van der Waals surface area contributed by atoms with Crippen molar-refractivity contribution in [2.75, 3.05) is 6.54 Å². The molecule has 4 aromatic heterocycles. The van der Waals surface area contributed by atoms with Crippen molar-refractivity contribution >= 4 is 51.3 Å². The molecule has 0 radical (unpaired) electrons. The molecule has 1 atom stereocenters. The van der Waals surface area contributed by atoms with E-state index in [0.29, 0.717) is 5.69 Å². The summed E-state index contributed by atoms with van der Waals surface area (Å²) in [7, 11) is 0. The first kappa shape index (κ1) is 16.4. The third-order valence-corrected chi connectivity index (χ3v) is 8.03. The van der Waals surface area contributed by atoms with Crippen LogP contribution in [0.3, 0.4) is 0 Å². The Morgan fingerprint density at radius 3 is 2.85 bits per heavy atom. The molecular formula is C19H14N2OS4. The molecule has 0 aromatic carbocycles.